The molecule has 19 heavy (non-hydrogen) atoms. The Kier molecular flexibility index (Phi) is 4.62. The Hall–Kier alpha value is -1.31. The molecule has 1 unspecified atom stereocenters. The molecule has 0 bridgehead atoms. The average Bonchev–Trinajstić information content (AvgIpc) is 2.42. The Balaban J connectivity index is 2.17. The standard InChI is InChI=1S/C17H20ClN/c1-2-17(19,12-14-8-4-3-5-9-14)13-15-10-6-7-11-16(15)18/h3-11H,2,12-13,19H2,1H3. The van der Waals surface area contributed by atoms with Crippen LogP contribution in [0.5, 0.6) is 0 Å². The number of benzene rings is 2. The molecule has 100 valence electrons. The van der Waals surface area contributed by atoms with E-state index in [1.807, 2.05) is 24.3 Å². The summed E-state index contributed by atoms with van der Waals surface area (Å²) >= 11 is 6.23. The Labute approximate surface area is 120 Å². The smallest absolute Gasteiger partial charge is 0.0438 e. The van der Waals surface area contributed by atoms with Crippen LogP contribution < -0.4 is 5.73 Å². The van der Waals surface area contributed by atoms with E-state index in [1.165, 1.54) is 5.56 Å². The van der Waals surface area contributed by atoms with Gasteiger partial charge in [0.05, 0.1) is 0 Å². The van der Waals surface area contributed by atoms with E-state index in [9.17, 15) is 0 Å². The first-order valence-electron chi connectivity index (χ1n) is 6.69. The van der Waals surface area contributed by atoms with Crippen molar-refractivity contribution in [1.82, 2.24) is 0 Å². The van der Waals surface area contributed by atoms with Crippen LogP contribution in [0.4, 0.5) is 0 Å². The van der Waals surface area contributed by atoms with E-state index in [0.29, 0.717) is 0 Å². The Morgan fingerprint density at radius 2 is 1.58 bits per heavy atom. The first-order chi connectivity index (χ1) is 9.13. The zero-order chi connectivity index (χ0) is 13.7. The van der Waals surface area contributed by atoms with Crippen molar-refractivity contribution < 1.29 is 0 Å². The van der Waals surface area contributed by atoms with E-state index < -0.39 is 0 Å². The van der Waals surface area contributed by atoms with Crippen LogP contribution >= 0.6 is 11.6 Å². The van der Waals surface area contributed by atoms with Crippen LogP contribution in [-0.4, -0.2) is 5.54 Å². The third-order valence-corrected chi connectivity index (χ3v) is 3.97. The van der Waals surface area contributed by atoms with Crippen LogP contribution in [0.2, 0.25) is 5.02 Å². The van der Waals surface area contributed by atoms with E-state index in [1.54, 1.807) is 0 Å². The van der Waals surface area contributed by atoms with Gasteiger partial charge in [0, 0.05) is 10.6 Å². The molecule has 0 amide bonds. The molecular formula is C17H20ClN. The average molecular weight is 274 g/mol. The number of hydrogen-bond acceptors (Lipinski definition) is 1. The van der Waals surface area contributed by atoms with Crippen LogP contribution in [0.1, 0.15) is 24.5 Å². The summed E-state index contributed by atoms with van der Waals surface area (Å²) in [6.45, 7) is 2.14. The van der Waals surface area contributed by atoms with Gasteiger partial charge in [0.15, 0.2) is 0 Å². The first kappa shape index (κ1) is 14.1. The van der Waals surface area contributed by atoms with Crippen LogP contribution in [0.3, 0.4) is 0 Å². The molecule has 0 aromatic heterocycles. The molecule has 2 heteroatoms. The second-order valence-corrected chi connectivity index (χ2v) is 5.55. The molecule has 0 saturated carbocycles. The zero-order valence-electron chi connectivity index (χ0n) is 11.3. The van der Waals surface area contributed by atoms with Crippen molar-refractivity contribution in [3.8, 4) is 0 Å². The van der Waals surface area contributed by atoms with Gasteiger partial charge in [-0.1, -0.05) is 67.1 Å². The summed E-state index contributed by atoms with van der Waals surface area (Å²) in [6, 6.07) is 18.4. The summed E-state index contributed by atoms with van der Waals surface area (Å²) in [4.78, 5) is 0. The second kappa shape index (κ2) is 6.23. The van der Waals surface area contributed by atoms with Gasteiger partial charge < -0.3 is 5.73 Å². The maximum atomic E-state index is 6.57. The Bertz CT molecular complexity index is 524. The van der Waals surface area contributed by atoms with Gasteiger partial charge in [0.25, 0.3) is 0 Å². The van der Waals surface area contributed by atoms with E-state index >= 15 is 0 Å². The fourth-order valence-electron chi connectivity index (χ4n) is 2.34. The van der Waals surface area contributed by atoms with Crippen LogP contribution in [-0.2, 0) is 12.8 Å². The minimum absolute atomic E-state index is 0.244. The lowest BCUT2D eigenvalue weighted by atomic mass is 9.83. The van der Waals surface area contributed by atoms with Gasteiger partial charge >= 0.3 is 0 Å². The third kappa shape index (κ3) is 3.82. The lowest BCUT2D eigenvalue weighted by molar-refractivity contribution is 0.404. The van der Waals surface area contributed by atoms with Crippen molar-refractivity contribution in [2.75, 3.05) is 0 Å². The van der Waals surface area contributed by atoms with Crippen molar-refractivity contribution in [3.05, 3.63) is 70.7 Å². The third-order valence-electron chi connectivity index (χ3n) is 3.60. The molecule has 2 rings (SSSR count). The highest BCUT2D eigenvalue weighted by molar-refractivity contribution is 6.31. The van der Waals surface area contributed by atoms with Gasteiger partial charge in [0.2, 0.25) is 0 Å². The number of rotatable bonds is 5. The maximum Gasteiger partial charge on any atom is 0.0438 e. The van der Waals surface area contributed by atoms with Crippen LogP contribution in [0.25, 0.3) is 0 Å². The Morgan fingerprint density at radius 1 is 0.947 bits per heavy atom. The molecule has 0 saturated heterocycles. The van der Waals surface area contributed by atoms with Gasteiger partial charge in [-0.15, -0.1) is 0 Å². The largest absolute Gasteiger partial charge is 0.325 e. The van der Waals surface area contributed by atoms with E-state index in [0.717, 1.165) is 29.8 Å². The minimum Gasteiger partial charge on any atom is -0.325 e. The molecule has 1 atom stereocenters. The second-order valence-electron chi connectivity index (χ2n) is 5.15. The predicted molar refractivity (Wildman–Crippen MR) is 82.5 cm³/mol. The van der Waals surface area contributed by atoms with E-state index in [-0.39, 0.29) is 5.54 Å². The molecular weight excluding hydrogens is 254 g/mol. The highest BCUT2D eigenvalue weighted by Crippen LogP contribution is 2.24. The molecule has 0 heterocycles. The summed E-state index contributed by atoms with van der Waals surface area (Å²) < 4.78 is 0. The van der Waals surface area contributed by atoms with Gasteiger partial charge in [0.1, 0.15) is 0 Å². The summed E-state index contributed by atoms with van der Waals surface area (Å²) in [7, 11) is 0. The molecule has 0 spiro atoms. The number of halogens is 1. The molecule has 0 radical (unpaired) electrons. The Morgan fingerprint density at radius 3 is 2.21 bits per heavy atom. The normalized spacial score (nSPS) is 14.1. The van der Waals surface area contributed by atoms with Gasteiger partial charge in [-0.25, -0.2) is 0 Å². The van der Waals surface area contributed by atoms with E-state index in [2.05, 4.69) is 37.3 Å². The molecule has 0 aliphatic heterocycles. The molecule has 2 aromatic rings. The van der Waals surface area contributed by atoms with E-state index in [4.69, 9.17) is 17.3 Å². The molecule has 0 aliphatic rings. The first-order valence-corrected chi connectivity index (χ1v) is 7.07. The number of nitrogens with two attached hydrogens (primary N) is 1. The fourth-order valence-corrected chi connectivity index (χ4v) is 2.54. The van der Waals surface area contributed by atoms with Crippen LogP contribution in [0, 0.1) is 0 Å². The van der Waals surface area contributed by atoms with Crippen molar-refractivity contribution in [3.63, 3.8) is 0 Å². The molecule has 0 aliphatic carbocycles. The van der Waals surface area contributed by atoms with Gasteiger partial charge in [-0.3, -0.25) is 0 Å². The topological polar surface area (TPSA) is 26.0 Å². The molecule has 2 aromatic carbocycles. The minimum atomic E-state index is -0.244. The highest BCUT2D eigenvalue weighted by Gasteiger charge is 2.24. The van der Waals surface area contributed by atoms with Crippen molar-refractivity contribution >= 4 is 11.6 Å². The van der Waals surface area contributed by atoms with Gasteiger partial charge in [-0.05, 0) is 36.5 Å². The summed E-state index contributed by atoms with van der Waals surface area (Å²) in [5.74, 6) is 0. The summed E-state index contributed by atoms with van der Waals surface area (Å²) in [5, 5.41) is 0.804. The van der Waals surface area contributed by atoms with Crippen molar-refractivity contribution in [2.24, 2.45) is 5.73 Å². The molecule has 1 nitrogen and oxygen atoms in total. The SMILES string of the molecule is CCC(N)(Cc1ccccc1)Cc1ccccc1Cl. The monoisotopic (exact) mass is 273 g/mol. The lowest BCUT2D eigenvalue weighted by Gasteiger charge is -2.29. The zero-order valence-corrected chi connectivity index (χ0v) is 12.0. The van der Waals surface area contributed by atoms with Crippen LogP contribution in [0.15, 0.2) is 54.6 Å². The molecule has 0 fully saturated rings. The van der Waals surface area contributed by atoms with Crippen molar-refractivity contribution in [2.45, 2.75) is 31.7 Å². The predicted octanol–water partition coefficient (Wildman–Crippen LogP) is 4.23. The summed E-state index contributed by atoms with van der Waals surface area (Å²) in [6.07, 6.45) is 2.60. The summed E-state index contributed by atoms with van der Waals surface area (Å²) in [5.41, 5.74) is 8.73. The quantitative estimate of drug-likeness (QED) is 0.867. The fraction of sp³-hybridized carbons (Fsp3) is 0.294. The van der Waals surface area contributed by atoms with Gasteiger partial charge in [-0.2, -0.15) is 0 Å². The lowest BCUT2D eigenvalue weighted by Crippen LogP contribution is -2.43. The number of hydrogen-bond donors (Lipinski definition) is 1. The van der Waals surface area contributed by atoms with Crippen molar-refractivity contribution in [1.29, 1.82) is 0 Å². The highest BCUT2D eigenvalue weighted by atomic mass is 35.5. The molecule has 2 N–H and O–H groups in total. The maximum absolute atomic E-state index is 6.57.